The molecule has 2 aromatic rings. The Morgan fingerprint density at radius 2 is 2.15 bits per heavy atom. The summed E-state index contributed by atoms with van der Waals surface area (Å²) < 4.78 is 0.855. The van der Waals surface area contributed by atoms with Crippen LogP contribution in [0.3, 0.4) is 0 Å². The van der Waals surface area contributed by atoms with E-state index >= 15 is 0 Å². The fourth-order valence-electron chi connectivity index (χ4n) is 1.77. The van der Waals surface area contributed by atoms with Gasteiger partial charge in [0.25, 0.3) is 0 Å². The summed E-state index contributed by atoms with van der Waals surface area (Å²) in [5.41, 5.74) is 7.00. The average Bonchev–Trinajstić information content (AvgIpc) is 2.40. The summed E-state index contributed by atoms with van der Waals surface area (Å²) in [7, 11) is 0. The summed E-state index contributed by atoms with van der Waals surface area (Å²) in [6.07, 6.45) is 1.72. The van der Waals surface area contributed by atoms with E-state index in [1.807, 2.05) is 12.1 Å². The zero-order valence-electron chi connectivity index (χ0n) is 11.0. The fraction of sp³-hybridized carbons (Fsp3) is 0.214. The van der Waals surface area contributed by atoms with Crippen LogP contribution in [0.15, 0.2) is 28.7 Å². The molecule has 0 radical (unpaired) electrons. The molecule has 0 aliphatic rings. The number of anilines is 3. The van der Waals surface area contributed by atoms with Crippen LogP contribution < -0.4 is 11.1 Å². The van der Waals surface area contributed by atoms with Crippen molar-refractivity contribution in [2.75, 3.05) is 11.1 Å². The molecule has 6 heteroatoms. The van der Waals surface area contributed by atoms with E-state index in [-0.39, 0.29) is 0 Å². The first-order valence-electron chi connectivity index (χ1n) is 6.22. The van der Waals surface area contributed by atoms with Crippen molar-refractivity contribution >= 4 is 33.3 Å². The van der Waals surface area contributed by atoms with E-state index in [1.54, 1.807) is 12.1 Å². The van der Waals surface area contributed by atoms with E-state index in [0.29, 0.717) is 28.7 Å². The second kappa shape index (κ2) is 6.35. The van der Waals surface area contributed by atoms with Gasteiger partial charge in [-0.2, -0.15) is 5.26 Å². The summed E-state index contributed by atoms with van der Waals surface area (Å²) in [5.74, 6) is 1.71. The van der Waals surface area contributed by atoms with Gasteiger partial charge in [0.1, 0.15) is 23.5 Å². The van der Waals surface area contributed by atoms with Gasteiger partial charge in [-0.25, -0.2) is 9.97 Å². The Hall–Kier alpha value is -2.13. The van der Waals surface area contributed by atoms with Crippen LogP contribution >= 0.6 is 15.9 Å². The Morgan fingerprint density at radius 1 is 1.35 bits per heavy atom. The third kappa shape index (κ3) is 3.45. The van der Waals surface area contributed by atoms with E-state index in [9.17, 15) is 0 Å². The van der Waals surface area contributed by atoms with Crippen LogP contribution in [-0.4, -0.2) is 9.97 Å². The molecule has 1 aromatic carbocycles. The molecule has 1 aromatic heterocycles. The lowest BCUT2D eigenvalue weighted by molar-refractivity contribution is 0.839. The molecule has 5 nitrogen and oxygen atoms in total. The van der Waals surface area contributed by atoms with Crippen molar-refractivity contribution in [3.05, 3.63) is 40.1 Å². The average molecular weight is 332 g/mol. The monoisotopic (exact) mass is 331 g/mol. The summed E-state index contributed by atoms with van der Waals surface area (Å²) in [6, 6.07) is 9.23. The van der Waals surface area contributed by atoms with Gasteiger partial charge in [-0.05, 0) is 24.6 Å². The normalized spacial score (nSPS) is 10.1. The minimum Gasteiger partial charge on any atom is -0.384 e. The molecule has 0 aliphatic heterocycles. The molecule has 20 heavy (non-hydrogen) atoms. The maximum absolute atomic E-state index is 9.15. The van der Waals surface area contributed by atoms with E-state index in [0.717, 1.165) is 17.3 Å². The quantitative estimate of drug-likeness (QED) is 0.896. The third-order valence-electron chi connectivity index (χ3n) is 2.63. The van der Waals surface area contributed by atoms with Gasteiger partial charge in [0.2, 0.25) is 0 Å². The highest BCUT2D eigenvalue weighted by Crippen LogP contribution is 2.23. The first kappa shape index (κ1) is 14.3. The number of nitrogens with one attached hydrogen (secondary N) is 1. The largest absolute Gasteiger partial charge is 0.384 e. The van der Waals surface area contributed by atoms with Crippen LogP contribution in [-0.2, 0) is 6.42 Å². The van der Waals surface area contributed by atoms with Gasteiger partial charge in [0, 0.05) is 17.0 Å². The van der Waals surface area contributed by atoms with Crippen LogP contribution in [0.1, 0.15) is 24.7 Å². The Morgan fingerprint density at radius 3 is 2.85 bits per heavy atom. The number of aryl methyl sites for hydroxylation is 1. The lowest BCUT2D eigenvalue weighted by Gasteiger charge is -2.09. The standard InChI is InChI=1S/C14H14BrN5/c1-2-3-13-19-12(17)7-14(20-13)18-11-5-4-10(15)6-9(11)8-16/h4-7H,2-3H2,1H3,(H3,17,18,19,20). The minimum absolute atomic E-state index is 0.418. The van der Waals surface area contributed by atoms with Crippen LogP contribution in [0.4, 0.5) is 17.3 Å². The highest BCUT2D eigenvalue weighted by Gasteiger charge is 2.06. The minimum atomic E-state index is 0.418. The van der Waals surface area contributed by atoms with Gasteiger partial charge in [0.15, 0.2) is 0 Å². The molecule has 102 valence electrons. The zero-order chi connectivity index (χ0) is 14.5. The number of aromatic nitrogens is 2. The Kier molecular flexibility index (Phi) is 4.53. The molecule has 0 fully saturated rings. The molecule has 0 saturated carbocycles. The predicted octanol–water partition coefficient (Wildman–Crippen LogP) is 3.39. The highest BCUT2D eigenvalue weighted by molar-refractivity contribution is 9.10. The van der Waals surface area contributed by atoms with Crippen LogP contribution in [0.2, 0.25) is 0 Å². The molecule has 0 amide bonds. The van der Waals surface area contributed by atoms with E-state index in [2.05, 4.69) is 44.2 Å². The first-order valence-corrected chi connectivity index (χ1v) is 7.01. The Labute approximate surface area is 126 Å². The van der Waals surface area contributed by atoms with Crippen molar-refractivity contribution in [3.63, 3.8) is 0 Å². The molecule has 0 aliphatic carbocycles. The summed E-state index contributed by atoms with van der Waals surface area (Å²) >= 11 is 3.34. The number of nitrogens with zero attached hydrogens (tertiary/aromatic N) is 3. The van der Waals surface area contributed by atoms with Crippen LogP contribution in [0, 0.1) is 11.3 Å². The molecular weight excluding hydrogens is 318 g/mol. The van der Waals surface area contributed by atoms with Gasteiger partial charge >= 0.3 is 0 Å². The maximum atomic E-state index is 9.15. The second-order valence-corrected chi connectivity index (χ2v) is 5.19. The molecular formula is C14H14BrN5. The van der Waals surface area contributed by atoms with Crippen molar-refractivity contribution in [1.29, 1.82) is 5.26 Å². The zero-order valence-corrected chi connectivity index (χ0v) is 12.6. The lowest BCUT2D eigenvalue weighted by atomic mass is 10.2. The summed E-state index contributed by atoms with van der Waals surface area (Å²) in [6.45, 7) is 2.06. The van der Waals surface area contributed by atoms with E-state index < -0.39 is 0 Å². The molecule has 0 atom stereocenters. The van der Waals surface area contributed by atoms with Gasteiger partial charge in [0.05, 0.1) is 11.3 Å². The fourth-order valence-corrected chi connectivity index (χ4v) is 2.13. The number of rotatable bonds is 4. The van der Waals surface area contributed by atoms with E-state index in [1.165, 1.54) is 0 Å². The molecule has 0 unspecified atom stereocenters. The second-order valence-electron chi connectivity index (χ2n) is 4.27. The number of halogens is 1. The summed E-state index contributed by atoms with van der Waals surface area (Å²) in [5, 5.41) is 12.3. The van der Waals surface area contributed by atoms with Gasteiger partial charge < -0.3 is 11.1 Å². The maximum Gasteiger partial charge on any atom is 0.136 e. The molecule has 0 saturated heterocycles. The molecule has 1 heterocycles. The van der Waals surface area contributed by atoms with Crippen molar-refractivity contribution < 1.29 is 0 Å². The van der Waals surface area contributed by atoms with Gasteiger partial charge in [-0.1, -0.05) is 22.9 Å². The van der Waals surface area contributed by atoms with Crippen molar-refractivity contribution in [1.82, 2.24) is 9.97 Å². The highest BCUT2D eigenvalue weighted by atomic mass is 79.9. The molecule has 3 N–H and O–H groups in total. The molecule has 0 bridgehead atoms. The van der Waals surface area contributed by atoms with Crippen LogP contribution in [0.5, 0.6) is 0 Å². The number of nitrogen functional groups attached to an aromatic ring is 1. The summed E-state index contributed by atoms with van der Waals surface area (Å²) in [4.78, 5) is 8.57. The van der Waals surface area contributed by atoms with Gasteiger partial charge in [-0.3, -0.25) is 0 Å². The van der Waals surface area contributed by atoms with Crippen molar-refractivity contribution in [2.45, 2.75) is 19.8 Å². The lowest BCUT2D eigenvalue weighted by Crippen LogP contribution is -2.04. The van der Waals surface area contributed by atoms with Crippen LogP contribution in [0.25, 0.3) is 0 Å². The first-order chi connectivity index (χ1) is 9.62. The number of hydrogen-bond donors (Lipinski definition) is 2. The number of benzene rings is 1. The van der Waals surface area contributed by atoms with Crippen molar-refractivity contribution in [3.8, 4) is 6.07 Å². The predicted molar refractivity (Wildman–Crippen MR) is 82.6 cm³/mol. The molecule has 0 spiro atoms. The Balaban J connectivity index is 2.32. The smallest absolute Gasteiger partial charge is 0.136 e. The molecule has 2 rings (SSSR count). The van der Waals surface area contributed by atoms with E-state index in [4.69, 9.17) is 11.0 Å². The van der Waals surface area contributed by atoms with Gasteiger partial charge in [-0.15, -0.1) is 0 Å². The topological polar surface area (TPSA) is 87.6 Å². The number of nitriles is 1. The SMILES string of the molecule is CCCc1nc(N)cc(Nc2ccc(Br)cc2C#N)n1. The Bertz CT molecular complexity index is 663. The van der Waals surface area contributed by atoms with Crippen molar-refractivity contribution in [2.24, 2.45) is 0 Å². The number of nitrogens with two attached hydrogens (primary N) is 1. The number of hydrogen-bond acceptors (Lipinski definition) is 5. The third-order valence-corrected chi connectivity index (χ3v) is 3.12.